The minimum absolute atomic E-state index is 0.137. The third-order valence-corrected chi connectivity index (χ3v) is 13.7. The number of imidazole rings is 2. The number of alkyl carbamates (subject to hydrolysis) is 2. The lowest BCUT2D eigenvalue weighted by Gasteiger charge is -2.30. The Bertz CT molecular complexity index is 3000. The Balaban J connectivity index is 0.986. The maximum absolute atomic E-state index is 14.9. The second kappa shape index (κ2) is 18.3. The summed E-state index contributed by atoms with van der Waals surface area (Å²) in [5.41, 5.74) is 5.88. The van der Waals surface area contributed by atoms with Crippen molar-refractivity contribution in [3.8, 4) is 11.1 Å². The average Bonchev–Trinajstić information content (AvgIpc) is 4.12. The molecule has 0 saturated carbocycles. The molecule has 9 rings (SSSR count). The molecular formula is C51H56F2N8O7. The summed E-state index contributed by atoms with van der Waals surface area (Å²) in [4.78, 5) is 72.8. The number of aromatic amines is 2. The van der Waals surface area contributed by atoms with Gasteiger partial charge in [-0.1, -0.05) is 82.8 Å². The SMILES string of the molecule is C=C1CCN(C(=O)[C@@H](NC(=O)OC)C(C)C)[C@@H]1c1nc2ccc3cc(-c4ccc5c(ccc6nc([C@@H]7C[C@H](COC(F)(F)[C@@H]8C=CC8)CN7C(=O)[C@@H](NC(=O)OC)C(C)C)[nH]c65)c4)ccc3c2[nH]1. The number of methoxy groups -OCH3 is 2. The smallest absolute Gasteiger partial charge is 0.407 e. The first-order valence-electron chi connectivity index (χ1n) is 23.1. The number of hydrogen-bond acceptors (Lipinski definition) is 9. The van der Waals surface area contributed by atoms with E-state index >= 15 is 0 Å². The van der Waals surface area contributed by atoms with Gasteiger partial charge in [-0.2, -0.15) is 8.78 Å². The molecule has 0 bridgehead atoms. The van der Waals surface area contributed by atoms with Gasteiger partial charge < -0.3 is 44.6 Å². The summed E-state index contributed by atoms with van der Waals surface area (Å²) in [5, 5.41) is 9.17. The number of allylic oxidation sites excluding steroid dienone is 1. The highest BCUT2D eigenvalue weighted by atomic mass is 19.3. The van der Waals surface area contributed by atoms with Crippen molar-refractivity contribution >= 4 is 67.6 Å². The topological polar surface area (TPSA) is 184 Å². The van der Waals surface area contributed by atoms with E-state index < -0.39 is 54.3 Å². The Morgan fingerprint density at radius 3 is 1.84 bits per heavy atom. The summed E-state index contributed by atoms with van der Waals surface area (Å²) < 4.78 is 44.6. The van der Waals surface area contributed by atoms with Crippen molar-refractivity contribution in [3.63, 3.8) is 0 Å². The van der Waals surface area contributed by atoms with E-state index in [-0.39, 0.29) is 43.2 Å². The molecule has 3 aliphatic rings. The van der Waals surface area contributed by atoms with Gasteiger partial charge in [0.05, 0.1) is 54.9 Å². The van der Waals surface area contributed by atoms with Gasteiger partial charge in [-0.15, -0.1) is 0 Å². The number of alkyl halides is 2. The third kappa shape index (κ3) is 8.63. The molecule has 4 heterocycles. The maximum Gasteiger partial charge on any atom is 0.407 e. The van der Waals surface area contributed by atoms with Gasteiger partial charge in [0.1, 0.15) is 29.8 Å². The molecule has 0 spiro atoms. The lowest BCUT2D eigenvalue weighted by atomic mass is 9.94. The molecule has 0 radical (unpaired) electrons. The van der Waals surface area contributed by atoms with Crippen molar-refractivity contribution in [2.24, 2.45) is 23.7 Å². The molecule has 2 fully saturated rings. The van der Waals surface area contributed by atoms with Crippen LogP contribution in [0.4, 0.5) is 18.4 Å². The Labute approximate surface area is 391 Å². The normalized spacial score (nSPS) is 20.5. The van der Waals surface area contributed by atoms with Crippen molar-refractivity contribution in [1.29, 1.82) is 0 Å². The molecule has 4 aromatic carbocycles. The van der Waals surface area contributed by atoms with Crippen molar-refractivity contribution in [3.05, 3.63) is 96.6 Å². The number of rotatable bonds is 13. The number of ether oxygens (including phenoxy) is 3. The molecule has 2 saturated heterocycles. The molecule has 15 nitrogen and oxygen atoms in total. The first kappa shape index (κ1) is 46.2. The second-order valence-corrected chi connectivity index (χ2v) is 18.8. The van der Waals surface area contributed by atoms with Crippen LogP contribution in [0.5, 0.6) is 0 Å². The van der Waals surface area contributed by atoms with Crippen LogP contribution in [-0.4, -0.2) is 106 Å². The summed E-state index contributed by atoms with van der Waals surface area (Å²) in [6, 6.07) is 17.6. The van der Waals surface area contributed by atoms with Crippen molar-refractivity contribution < 1.29 is 42.2 Å². The van der Waals surface area contributed by atoms with Gasteiger partial charge in [0.15, 0.2) is 0 Å². The van der Waals surface area contributed by atoms with Gasteiger partial charge in [0.25, 0.3) is 0 Å². The van der Waals surface area contributed by atoms with Crippen molar-refractivity contribution in [2.45, 2.75) is 77.2 Å². The molecule has 2 aliphatic heterocycles. The molecule has 6 atom stereocenters. The Kier molecular flexibility index (Phi) is 12.5. The largest absolute Gasteiger partial charge is 0.453 e. The van der Waals surface area contributed by atoms with E-state index in [1.807, 2.05) is 58.0 Å². The number of halogens is 2. The molecular weight excluding hydrogens is 875 g/mol. The van der Waals surface area contributed by atoms with E-state index in [4.69, 9.17) is 24.2 Å². The number of benzene rings is 4. The molecule has 17 heteroatoms. The minimum atomic E-state index is -3.32. The van der Waals surface area contributed by atoms with Crippen molar-refractivity contribution in [1.82, 2.24) is 40.4 Å². The average molecular weight is 931 g/mol. The number of hydrogen-bond donors (Lipinski definition) is 4. The molecule has 356 valence electrons. The number of carbonyl (C=O) groups is 4. The number of carbonyl (C=O) groups excluding carboxylic acids is 4. The second-order valence-electron chi connectivity index (χ2n) is 18.8. The minimum Gasteiger partial charge on any atom is -0.453 e. The van der Waals surface area contributed by atoms with E-state index in [1.165, 1.54) is 20.3 Å². The standard InChI is InChI=1S/C51H56F2N8O7/c1-26(2)40(58-49(64)66-6)47(62)60-20-19-28(5)44(60)46-55-38-18-14-33-23-31(12-16-36(33)43(38)57-46)30-11-15-35-32(22-30)13-17-37-42(35)56-45(54-37)39-21-29(25-68-51(52,53)34-9-8-10-34)24-61(39)48(63)41(27(3)4)59-50(65)67-7/h8-9,11-18,22-23,26-27,29,34,39-41,44H,5,10,19-21,24-25H2,1-4,6-7H3,(H,54,56)(H,55,57)(H,58,64)(H,59,65)/t29-,34+,39-,40-,41-,44-/m0/s1. The molecule has 68 heavy (non-hydrogen) atoms. The van der Waals surface area contributed by atoms with Gasteiger partial charge in [-0.25, -0.2) is 19.6 Å². The number of H-pyrrole nitrogens is 2. The fourth-order valence-corrected chi connectivity index (χ4v) is 9.79. The highest BCUT2D eigenvalue weighted by molar-refractivity contribution is 6.07. The number of nitrogens with zero attached hydrogens (tertiary/aromatic N) is 4. The van der Waals surface area contributed by atoms with Gasteiger partial charge in [0.2, 0.25) is 11.8 Å². The van der Waals surface area contributed by atoms with E-state index in [2.05, 4.69) is 57.5 Å². The predicted molar refractivity (Wildman–Crippen MR) is 253 cm³/mol. The van der Waals surface area contributed by atoms with Gasteiger partial charge in [0, 0.05) is 29.8 Å². The summed E-state index contributed by atoms with van der Waals surface area (Å²) in [6.45, 7) is 12.0. The Morgan fingerprint density at radius 1 is 0.794 bits per heavy atom. The van der Waals surface area contributed by atoms with Gasteiger partial charge in [-0.3, -0.25) is 9.59 Å². The van der Waals surface area contributed by atoms with Crippen molar-refractivity contribution in [2.75, 3.05) is 33.9 Å². The van der Waals surface area contributed by atoms with Crippen LogP contribution in [-0.2, 0) is 23.8 Å². The highest BCUT2D eigenvalue weighted by Gasteiger charge is 2.46. The maximum atomic E-state index is 14.9. The van der Waals surface area contributed by atoms with Crippen LogP contribution in [0, 0.1) is 23.7 Å². The summed E-state index contributed by atoms with van der Waals surface area (Å²) in [5.74, 6) is -1.34. The first-order valence-corrected chi connectivity index (χ1v) is 23.1. The van der Waals surface area contributed by atoms with E-state index in [9.17, 15) is 28.0 Å². The number of amides is 4. The fraction of sp³-hybridized carbons (Fsp3) is 0.412. The van der Waals surface area contributed by atoms with Crippen LogP contribution < -0.4 is 10.6 Å². The zero-order valence-corrected chi connectivity index (χ0v) is 38.9. The molecule has 1 aliphatic carbocycles. The van der Waals surface area contributed by atoms with Crippen LogP contribution in [0.3, 0.4) is 0 Å². The lowest BCUT2D eigenvalue weighted by Crippen LogP contribution is -2.51. The fourth-order valence-electron chi connectivity index (χ4n) is 9.79. The summed E-state index contributed by atoms with van der Waals surface area (Å²) >= 11 is 0. The molecule has 2 aromatic heterocycles. The number of aromatic nitrogens is 4. The quantitative estimate of drug-likeness (QED) is 0.0821. The summed E-state index contributed by atoms with van der Waals surface area (Å²) in [6.07, 6.45) is -0.419. The third-order valence-electron chi connectivity index (χ3n) is 13.7. The first-order chi connectivity index (χ1) is 32.5. The number of likely N-dealkylation sites (tertiary alicyclic amines) is 2. The van der Waals surface area contributed by atoms with Crippen LogP contribution >= 0.6 is 0 Å². The number of fused-ring (bicyclic) bond motifs is 6. The zero-order valence-electron chi connectivity index (χ0n) is 38.9. The van der Waals surface area contributed by atoms with Gasteiger partial charge in [-0.05, 0) is 82.8 Å². The molecule has 0 unspecified atom stereocenters. The van der Waals surface area contributed by atoms with E-state index in [0.717, 1.165) is 54.8 Å². The van der Waals surface area contributed by atoms with Gasteiger partial charge >= 0.3 is 18.3 Å². The molecule has 6 aromatic rings. The highest BCUT2D eigenvalue weighted by Crippen LogP contribution is 2.42. The number of nitrogens with one attached hydrogen (secondary N) is 4. The van der Waals surface area contributed by atoms with Crippen LogP contribution in [0.1, 0.15) is 70.7 Å². The van der Waals surface area contributed by atoms with Crippen LogP contribution in [0.25, 0.3) is 54.7 Å². The lowest BCUT2D eigenvalue weighted by molar-refractivity contribution is -0.268. The van der Waals surface area contributed by atoms with E-state index in [1.54, 1.807) is 15.9 Å². The predicted octanol–water partition coefficient (Wildman–Crippen LogP) is 9.08. The Morgan fingerprint density at radius 2 is 1.32 bits per heavy atom. The molecule has 4 N–H and O–H groups in total. The monoisotopic (exact) mass is 930 g/mol. The van der Waals surface area contributed by atoms with E-state index in [0.29, 0.717) is 36.6 Å². The van der Waals surface area contributed by atoms with Crippen LogP contribution in [0.2, 0.25) is 0 Å². The van der Waals surface area contributed by atoms with Crippen LogP contribution in [0.15, 0.2) is 85.0 Å². The zero-order chi connectivity index (χ0) is 48.2. The molecule has 4 amide bonds. The summed E-state index contributed by atoms with van der Waals surface area (Å²) in [7, 11) is 2.50. The Hall–Kier alpha value is -6.88.